The topological polar surface area (TPSA) is 98.1 Å². The molecule has 6 nitrogen and oxygen atoms in total. The number of rotatable bonds is 1. The summed E-state index contributed by atoms with van der Waals surface area (Å²) in [5.74, 6) is -1.21. The van der Waals surface area contributed by atoms with Crippen LogP contribution in [0.2, 0.25) is 0 Å². The molecule has 6 heteroatoms. The second kappa shape index (κ2) is 3.61. The zero-order valence-electron chi connectivity index (χ0n) is 6.88. The van der Waals surface area contributed by atoms with Crippen molar-refractivity contribution in [1.29, 1.82) is 0 Å². The molecule has 1 heterocycles. The van der Waals surface area contributed by atoms with Crippen molar-refractivity contribution in [1.82, 2.24) is 4.90 Å². The maximum absolute atomic E-state index is 10.6. The first kappa shape index (κ1) is 9.79. The smallest absolute Gasteiger partial charge is 0.408 e. The number of likely N-dealkylation sites (tertiary alicyclic amines) is 1. The summed E-state index contributed by atoms with van der Waals surface area (Å²) in [6.45, 7) is 0.0769. The Kier molecular flexibility index (Phi) is 2.72. The molecule has 0 bridgehead atoms. The maximum Gasteiger partial charge on any atom is 0.408 e. The fourth-order valence-corrected chi connectivity index (χ4v) is 1.41. The van der Waals surface area contributed by atoms with Crippen LogP contribution in [-0.2, 0) is 4.79 Å². The summed E-state index contributed by atoms with van der Waals surface area (Å²) < 4.78 is 0. The number of carboxylic acids is 1. The lowest BCUT2D eigenvalue weighted by molar-refractivity contribution is -0.145. The number of amides is 1. The molecule has 2 atom stereocenters. The molecule has 3 N–H and O–H groups in total. The predicted octanol–water partition coefficient (Wildman–Crippen LogP) is -0.426. The first-order valence-corrected chi connectivity index (χ1v) is 3.93. The molecule has 0 spiro atoms. The Morgan fingerprint density at radius 2 is 1.92 bits per heavy atom. The van der Waals surface area contributed by atoms with Gasteiger partial charge in [-0.3, -0.25) is 4.90 Å². The Bertz CT molecular complexity index is 229. The van der Waals surface area contributed by atoms with E-state index in [0.29, 0.717) is 6.42 Å². The standard InChI is InChI=1S/C7H11NO5/c9-4-1-2-8(7(12)13)5(3-4)6(10)11/h4-5,9H,1-3H2,(H,10,11)(H,12,13)/t4-,5+/m1/s1. The molecule has 1 rings (SSSR count). The van der Waals surface area contributed by atoms with E-state index in [2.05, 4.69) is 0 Å². The maximum atomic E-state index is 10.6. The van der Waals surface area contributed by atoms with Gasteiger partial charge in [0.2, 0.25) is 0 Å². The number of carbonyl (C=O) groups is 2. The van der Waals surface area contributed by atoms with Crippen molar-refractivity contribution in [3.8, 4) is 0 Å². The number of nitrogens with zero attached hydrogens (tertiary/aromatic N) is 1. The molecule has 0 radical (unpaired) electrons. The highest BCUT2D eigenvalue weighted by molar-refractivity contribution is 5.79. The molecule has 0 aliphatic carbocycles. The molecular formula is C7H11NO5. The average Bonchev–Trinajstić information content (AvgIpc) is 2.03. The summed E-state index contributed by atoms with van der Waals surface area (Å²) in [6.07, 6.45) is -1.69. The molecule has 1 saturated heterocycles. The van der Waals surface area contributed by atoms with E-state index >= 15 is 0 Å². The third kappa shape index (κ3) is 2.09. The van der Waals surface area contributed by atoms with E-state index in [9.17, 15) is 9.59 Å². The van der Waals surface area contributed by atoms with Gasteiger partial charge in [-0.2, -0.15) is 0 Å². The van der Waals surface area contributed by atoms with Gasteiger partial charge in [0.15, 0.2) is 0 Å². The molecule has 0 unspecified atom stereocenters. The Hall–Kier alpha value is -1.30. The number of hydrogen-bond acceptors (Lipinski definition) is 3. The third-order valence-corrected chi connectivity index (χ3v) is 2.11. The Morgan fingerprint density at radius 1 is 1.31 bits per heavy atom. The van der Waals surface area contributed by atoms with Crippen molar-refractivity contribution in [3.63, 3.8) is 0 Å². The van der Waals surface area contributed by atoms with Gasteiger partial charge < -0.3 is 15.3 Å². The molecule has 0 aromatic heterocycles. The lowest BCUT2D eigenvalue weighted by Crippen LogP contribution is -2.50. The van der Waals surface area contributed by atoms with E-state index in [1.807, 2.05) is 0 Å². The van der Waals surface area contributed by atoms with Crippen LogP contribution in [-0.4, -0.2) is 51.0 Å². The van der Waals surface area contributed by atoms with Crippen LogP contribution >= 0.6 is 0 Å². The quantitative estimate of drug-likeness (QED) is 0.520. The number of aliphatic hydroxyl groups is 1. The van der Waals surface area contributed by atoms with E-state index in [4.69, 9.17) is 15.3 Å². The van der Waals surface area contributed by atoms with E-state index < -0.39 is 24.2 Å². The molecule has 1 amide bonds. The van der Waals surface area contributed by atoms with E-state index in [1.54, 1.807) is 0 Å². The third-order valence-electron chi connectivity index (χ3n) is 2.11. The zero-order valence-corrected chi connectivity index (χ0v) is 6.88. The van der Waals surface area contributed by atoms with Crippen molar-refractivity contribution in [2.24, 2.45) is 0 Å². The Labute approximate surface area is 74.4 Å². The SMILES string of the molecule is O=C(O)[C@@H]1C[C@H](O)CCN1C(=O)O. The summed E-state index contributed by atoms with van der Waals surface area (Å²) in [7, 11) is 0. The lowest BCUT2D eigenvalue weighted by atomic mass is 10.0. The van der Waals surface area contributed by atoms with Crippen LogP contribution in [0.1, 0.15) is 12.8 Å². The van der Waals surface area contributed by atoms with E-state index in [1.165, 1.54) is 0 Å². The monoisotopic (exact) mass is 189 g/mol. The van der Waals surface area contributed by atoms with Crippen molar-refractivity contribution in [3.05, 3.63) is 0 Å². The summed E-state index contributed by atoms with van der Waals surface area (Å²) in [4.78, 5) is 22.0. The molecule has 1 fully saturated rings. The minimum atomic E-state index is -1.25. The average molecular weight is 189 g/mol. The summed E-state index contributed by atoms with van der Waals surface area (Å²) in [5, 5.41) is 26.4. The number of hydrogen-bond donors (Lipinski definition) is 3. The number of aliphatic carboxylic acids is 1. The molecule has 0 saturated carbocycles. The highest BCUT2D eigenvalue weighted by Gasteiger charge is 2.35. The number of carboxylic acid groups (broad SMARTS) is 2. The molecule has 0 aromatic rings. The molecule has 0 aromatic carbocycles. The molecular weight excluding hydrogens is 178 g/mol. The van der Waals surface area contributed by atoms with Gasteiger partial charge in [-0.15, -0.1) is 0 Å². The molecule has 74 valence electrons. The minimum Gasteiger partial charge on any atom is -0.480 e. The lowest BCUT2D eigenvalue weighted by Gasteiger charge is -2.32. The fourth-order valence-electron chi connectivity index (χ4n) is 1.41. The van der Waals surface area contributed by atoms with Gasteiger partial charge in [0.05, 0.1) is 6.10 Å². The normalized spacial score (nSPS) is 28.5. The highest BCUT2D eigenvalue weighted by atomic mass is 16.4. The number of aliphatic hydroxyl groups excluding tert-OH is 1. The first-order valence-electron chi connectivity index (χ1n) is 3.93. The van der Waals surface area contributed by atoms with Crippen LogP contribution in [0.3, 0.4) is 0 Å². The zero-order chi connectivity index (χ0) is 10.0. The minimum absolute atomic E-state index is 0.0262. The second-order valence-corrected chi connectivity index (χ2v) is 3.01. The van der Waals surface area contributed by atoms with E-state index in [-0.39, 0.29) is 13.0 Å². The predicted molar refractivity (Wildman–Crippen MR) is 41.4 cm³/mol. The first-order chi connectivity index (χ1) is 6.02. The van der Waals surface area contributed by atoms with Crippen LogP contribution in [0.15, 0.2) is 0 Å². The van der Waals surface area contributed by atoms with Crippen molar-refractivity contribution in [2.75, 3.05) is 6.54 Å². The molecule has 1 aliphatic heterocycles. The van der Waals surface area contributed by atoms with Crippen molar-refractivity contribution >= 4 is 12.1 Å². The van der Waals surface area contributed by atoms with Crippen LogP contribution in [0.25, 0.3) is 0 Å². The van der Waals surface area contributed by atoms with Crippen LogP contribution in [0.4, 0.5) is 4.79 Å². The molecule has 1 aliphatic rings. The Balaban J connectivity index is 2.72. The van der Waals surface area contributed by atoms with Gasteiger partial charge >= 0.3 is 12.1 Å². The molecule has 13 heavy (non-hydrogen) atoms. The summed E-state index contributed by atoms with van der Waals surface area (Å²) in [6, 6.07) is -1.11. The van der Waals surface area contributed by atoms with Crippen LogP contribution < -0.4 is 0 Å². The largest absolute Gasteiger partial charge is 0.480 e. The van der Waals surface area contributed by atoms with E-state index in [0.717, 1.165) is 4.90 Å². The van der Waals surface area contributed by atoms with Gasteiger partial charge in [-0.05, 0) is 6.42 Å². The van der Waals surface area contributed by atoms with Gasteiger partial charge in [-0.1, -0.05) is 0 Å². The second-order valence-electron chi connectivity index (χ2n) is 3.01. The van der Waals surface area contributed by atoms with Gasteiger partial charge in [0, 0.05) is 13.0 Å². The van der Waals surface area contributed by atoms with Crippen LogP contribution in [0.5, 0.6) is 0 Å². The van der Waals surface area contributed by atoms with Gasteiger partial charge in [0.25, 0.3) is 0 Å². The Morgan fingerprint density at radius 3 is 2.38 bits per heavy atom. The highest BCUT2D eigenvalue weighted by Crippen LogP contribution is 2.17. The summed E-state index contributed by atoms with van der Waals surface area (Å²) >= 11 is 0. The van der Waals surface area contributed by atoms with Gasteiger partial charge in [0.1, 0.15) is 6.04 Å². The van der Waals surface area contributed by atoms with Gasteiger partial charge in [-0.25, -0.2) is 9.59 Å². The van der Waals surface area contributed by atoms with Crippen LogP contribution in [0, 0.1) is 0 Å². The summed E-state index contributed by atoms with van der Waals surface area (Å²) in [5.41, 5.74) is 0. The fraction of sp³-hybridized carbons (Fsp3) is 0.714. The van der Waals surface area contributed by atoms with Crippen molar-refractivity contribution < 1.29 is 24.9 Å². The number of piperidine rings is 1. The van der Waals surface area contributed by atoms with Crippen molar-refractivity contribution in [2.45, 2.75) is 25.0 Å².